The van der Waals surface area contributed by atoms with E-state index < -0.39 is 17.9 Å². The lowest BCUT2D eigenvalue weighted by molar-refractivity contribution is -0.141. The quantitative estimate of drug-likeness (QED) is 0.498. The summed E-state index contributed by atoms with van der Waals surface area (Å²) in [6.07, 6.45) is 4.59. The second kappa shape index (κ2) is 12.1. The van der Waals surface area contributed by atoms with Crippen LogP contribution < -0.4 is 10.6 Å². The first kappa shape index (κ1) is 21.7. The van der Waals surface area contributed by atoms with E-state index in [4.69, 9.17) is 5.11 Å². The molecule has 0 radical (unpaired) electrons. The number of carboxylic acids is 1. The predicted octanol–water partition coefficient (Wildman–Crippen LogP) is 2.52. The van der Waals surface area contributed by atoms with Crippen LogP contribution in [0, 0.1) is 5.92 Å². The Kier molecular flexibility index (Phi) is 10.1. The van der Waals surface area contributed by atoms with E-state index in [1.165, 1.54) is 7.05 Å². The normalized spacial score (nSPS) is 12.8. The SMILES string of the molecule is CCCCCC[C@H](CC(=O)O)C(=O)N[C@@H](Cc1ccccc1)C(=O)NC. The highest BCUT2D eigenvalue weighted by Gasteiger charge is 2.26. The van der Waals surface area contributed by atoms with Crippen molar-refractivity contribution in [3.63, 3.8) is 0 Å². The molecule has 1 rings (SSSR count). The van der Waals surface area contributed by atoms with E-state index in [0.29, 0.717) is 12.8 Å². The number of rotatable bonds is 12. The molecule has 1 aromatic rings. The second-order valence-electron chi connectivity index (χ2n) is 6.51. The van der Waals surface area contributed by atoms with Crippen LogP contribution in [0.4, 0.5) is 0 Å². The maximum absolute atomic E-state index is 12.6. The van der Waals surface area contributed by atoms with E-state index in [0.717, 1.165) is 31.2 Å². The number of amides is 2. The van der Waals surface area contributed by atoms with E-state index in [1.54, 1.807) is 0 Å². The molecule has 0 aliphatic rings. The molecule has 0 aromatic heterocycles. The molecule has 26 heavy (non-hydrogen) atoms. The number of carbonyl (C=O) groups is 3. The first-order valence-electron chi connectivity index (χ1n) is 9.25. The molecule has 0 unspecified atom stereocenters. The number of carbonyl (C=O) groups excluding carboxylic acids is 2. The third-order valence-corrected chi connectivity index (χ3v) is 4.36. The largest absolute Gasteiger partial charge is 0.481 e. The lowest BCUT2D eigenvalue weighted by Crippen LogP contribution is -2.49. The first-order valence-corrected chi connectivity index (χ1v) is 9.25. The molecule has 144 valence electrons. The van der Waals surface area contributed by atoms with E-state index in [1.807, 2.05) is 30.3 Å². The molecule has 6 nitrogen and oxygen atoms in total. The van der Waals surface area contributed by atoms with Crippen molar-refractivity contribution in [2.45, 2.75) is 57.9 Å². The van der Waals surface area contributed by atoms with Crippen molar-refractivity contribution in [3.8, 4) is 0 Å². The van der Waals surface area contributed by atoms with Gasteiger partial charge in [0.05, 0.1) is 6.42 Å². The van der Waals surface area contributed by atoms with Crippen molar-refractivity contribution in [2.75, 3.05) is 7.05 Å². The van der Waals surface area contributed by atoms with Crippen molar-refractivity contribution in [2.24, 2.45) is 5.92 Å². The third kappa shape index (κ3) is 8.14. The Morgan fingerprint density at radius 2 is 1.73 bits per heavy atom. The Morgan fingerprint density at radius 1 is 1.04 bits per heavy atom. The van der Waals surface area contributed by atoms with Crippen LogP contribution in [0.2, 0.25) is 0 Å². The number of carboxylic acid groups (broad SMARTS) is 1. The van der Waals surface area contributed by atoms with Gasteiger partial charge in [0.2, 0.25) is 11.8 Å². The van der Waals surface area contributed by atoms with Gasteiger partial charge in [0, 0.05) is 19.4 Å². The fourth-order valence-corrected chi connectivity index (χ4v) is 2.88. The van der Waals surface area contributed by atoms with Crippen LogP contribution in [0.25, 0.3) is 0 Å². The summed E-state index contributed by atoms with van der Waals surface area (Å²) in [5.41, 5.74) is 0.930. The van der Waals surface area contributed by atoms with Gasteiger partial charge in [-0.25, -0.2) is 0 Å². The average molecular weight is 362 g/mol. The van der Waals surface area contributed by atoms with Crippen molar-refractivity contribution in [3.05, 3.63) is 35.9 Å². The molecule has 0 saturated heterocycles. The molecule has 2 amide bonds. The zero-order chi connectivity index (χ0) is 19.4. The molecule has 3 N–H and O–H groups in total. The molecule has 1 aromatic carbocycles. The minimum Gasteiger partial charge on any atom is -0.481 e. The fraction of sp³-hybridized carbons (Fsp3) is 0.550. The van der Waals surface area contributed by atoms with Crippen LogP contribution >= 0.6 is 0 Å². The van der Waals surface area contributed by atoms with Crippen molar-refractivity contribution in [1.29, 1.82) is 0 Å². The van der Waals surface area contributed by atoms with Gasteiger partial charge in [-0.2, -0.15) is 0 Å². The van der Waals surface area contributed by atoms with Crippen LogP contribution in [0.1, 0.15) is 51.0 Å². The van der Waals surface area contributed by atoms with E-state index >= 15 is 0 Å². The van der Waals surface area contributed by atoms with Crippen molar-refractivity contribution < 1.29 is 19.5 Å². The third-order valence-electron chi connectivity index (χ3n) is 4.36. The Bertz CT molecular complexity index is 574. The number of benzene rings is 1. The minimum atomic E-state index is -1.000. The van der Waals surface area contributed by atoms with Crippen LogP contribution in [-0.4, -0.2) is 36.0 Å². The summed E-state index contributed by atoms with van der Waals surface area (Å²) in [7, 11) is 1.52. The zero-order valence-electron chi connectivity index (χ0n) is 15.7. The van der Waals surface area contributed by atoms with Crippen LogP contribution in [0.3, 0.4) is 0 Å². The highest BCUT2D eigenvalue weighted by atomic mass is 16.4. The second-order valence-corrected chi connectivity index (χ2v) is 6.51. The summed E-state index contributed by atoms with van der Waals surface area (Å²) in [5.74, 6) is -2.27. The van der Waals surface area contributed by atoms with Crippen LogP contribution in [0.15, 0.2) is 30.3 Å². The Labute approximate surface area is 155 Å². The summed E-state index contributed by atoms with van der Waals surface area (Å²) < 4.78 is 0. The predicted molar refractivity (Wildman–Crippen MR) is 101 cm³/mol. The number of likely N-dealkylation sites (N-methyl/N-ethyl adjacent to an activating group) is 1. The average Bonchev–Trinajstić information content (AvgIpc) is 2.63. The molecule has 6 heteroatoms. The van der Waals surface area contributed by atoms with Gasteiger partial charge in [0.1, 0.15) is 6.04 Å². The first-order chi connectivity index (χ1) is 12.5. The summed E-state index contributed by atoms with van der Waals surface area (Å²) >= 11 is 0. The van der Waals surface area contributed by atoms with Gasteiger partial charge in [-0.15, -0.1) is 0 Å². The fourth-order valence-electron chi connectivity index (χ4n) is 2.88. The van der Waals surface area contributed by atoms with E-state index in [9.17, 15) is 14.4 Å². The molecule has 0 fully saturated rings. The molecular formula is C20H30N2O4. The number of hydrogen-bond donors (Lipinski definition) is 3. The standard InChI is InChI=1S/C20H30N2O4/c1-3-4-5-9-12-16(14-18(23)24)19(25)22-17(20(26)21-2)13-15-10-7-6-8-11-15/h6-8,10-11,16-17H,3-5,9,12-14H2,1-2H3,(H,21,26)(H,22,25)(H,23,24)/t16-,17+/m1/s1. The van der Waals surface area contributed by atoms with Crippen LogP contribution in [-0.2, 0) is 20.8 Å². The Balaban J connectivity index is 2.75. The molecule has 0 spiro atoms. The summed E-state index contributed by atoms with van der Waals surface area (Å²) in [5, 5.41) is 14.4. The summed E-state index contributed by atoms with van der Waals surface area (Å²) in [4.78, 5) is 35.9. The maximum Gasteiger partial charge on any atom is 0.304 e. The molecule has 0 aliphatic heterocycles. The molecule has 0 bridgehead atoms. The number of unbranched alkanes of at least 4 members (excludes halogenated alkanes) is 3. The van der Waals surface area contributed by atoms with Gasteiger partial charge < -0.3 is 15.7 Å². The molecule has 0 saturated carbocycles. The topological polar surface area (TPSA) is 95.5 Å². The lowest BCUT2D eigenvalue weighted by Gasteiger charge is -2.21. The van der Waals surface area contributed by atoms with Gasteiger partial charge >= 0.3 is 5.97 Å². The van der Waals surface area contributed by atoms with Gasteiger partial charge in [0.25, 0.3) is 0 Å². The Morgan fingerprint density at radius 3 is 2.31 bits per heavy atom. The molecule has 0 heterocycles. The number of nitrogens with one attached hydrogen (secondary N) is 2. The minimum absolute atomic E-state index is 0.218. The van der Waals surface area contributed by atoms with Gasteiger partial charge in [0.15, 0.2) is 0 Å². The smallest absolute Gasteiger partial charge is 0.304 e. The van der Waals surface area contributed by atoms with E-state index in [2.05, 4.69) is 17.6 Å². The van der Waals surface area contributed by atoms with Gasteiger partial charge in [-0.3, -0.25) is 14.4 Å². The zero-order valence-corrected chi connectivity index (χ0v) is 15.7. The molecular weight excluding hydrogens is 332 g/mol. The molecule has 2 atom stereocenters. The number of aliphatic carboxylic acids is 1. The van der Waals surface area contributed by atoms with Crippen molar-refractivity contribution >= 4 is 17.8 Å². The van der Waals surface area contributed by atoms with Crippen LogP contribution in [0.5, 0.6) is 0 Å². The van der Waals surface area contributed by atoms with Gasteiger partial charge in [-0.05, 0) is 12.0 Å². The van der Waals surface area contributed by atoms with Gasteiger partial charge in [-0.1, -0.05) is 62.9 Å². The summed E-state index contributed by atoms with van der Waals surface area (Å²) in [6, 6.07) is 8.69. The Hall–Kier alpha value is -2.37. The summed E-state index contributed by atoms with van der Waals surface area (Å²) in [6.45, 7) is 2.10. The van der Waals surface area contributed by atoms with Crippen molar-refractivity contribution in [1.82, 2.24) is 10.6 Å². The lowest BCUT2D eigenvalue weighted by atomic mass is 9.95. The van der Waals surface area contributed by atoms with E-state index in [-0.39, 0.29) is 18.2 Å². The number of hydrogen-bond acceptors (Lipinski definition) is 3. The molecule has 0 aliphatic carbocycles. The maximum atomic E-state index is 12.6. The monoisotopic (exact) mass is 362 g/mol. The highest BCUT2D eigenvalue weighted by Crippen LogP contribution is 2.16. The highest BCUT2D eigenvalue weighted by molar-refractivity contribution is 5.89.